The van der Waals surface area contributed by atoms with Crippen molar-refractivity contribution in [3.05, 3.63) is 65.9 Å². The fraction of sp³-hybridized carbons (Fsp3) is 0.250. The van der Waals surface area contributed by atoms with Crippen molar-refractivity contribution in [2.45, 2.75) is 13.5 Å². The number of aryl methyl sites for hydroxylation is 1. The first-order valence-electron chi connectivity index (χ1n) is 7.89. The average Bonchev–Trinajstić information content (AvgIpc) is 2.54. The minimum absolute atomic E-state index is 0.870. The second kappa shape index (κ2) is 6.29. The molecule has 0 atom stereocenters. The van der Waals surface area contributed by atoms with Crippen LogP contribution in [0.1, 0.15) is 11.3 Å². The molecule has 2 aromatic carbocycles. The van der Waals surface area contributed by atoms with Gasteiger partial charge in [-0.1, -0.05) is 54.6 Å². The van der Waals surface area contributed by atoms with Gasteiger partial charge in [0.25, 0.3) is 0 Å². The third-order valence-corrected chi connectivity index (χ3v) is 4.11. The van der Waals surface area contributed by atoms with Crippen LogP contribution in [0.4, 0.5) is 11.5 Å². The van der Waals surface area contributed by atoms with Gasteiger partial charge in [0, 0.05) is 38.5 Å². The van der Waals surface area contributed by atoms with Gasteiger partial charge >= 0.3 is 0 Å². The van der Waals surface area contributed by atoms with Gasteiger partial charge in [0.05, 0.1) is 11.4 Å². The zero-order valence-corrected chi connectivity index (χ0v) is 14.2. The normalized spacial score (nSPS) is 10.8. The van der Waals surface area contributed by atoms with Crippen LogP contribution in [-0.2, 0) is 6.54 Å². The van der Waals surface area contributed by atoms with Crippen molar-refractivity contribution in [3.63, 3.8) is 0 Å². The number of fused-ring (bicyclic) bond motifs is 1. The van der Waals surface area contributed by atoms with Crippen molar-refractivity contribution in [3.8, 4) is 0 Å². The third-order valence-electron chi connectivity index (χ3n) is 4.11. The zero-order valence-electron chi connectivity index (χ0n) is 14.2. The van der Waals surface area contributed by atoms with Gasteiger partial charge in [-0.15, -0.1) is 0 Å². The second-order valence-electron chi connectivity index (χ2n) is 6.15. The number of pyridine rings is 1. The van der Waals surface area contributed by atoms with E-state index in [2.05, 4.69) is 78.4 Å². The Morgan fingerprint density at radius 2 is 1.43 bits per heavy atom. The molecule has 1 heterocycles. The van der Waals surface area contributed by atoms with Gasteiger partial charge in [0.1, 0.15) is 5.82 Å². The van der Waals surface area contributed by atoms with Crippen LogP contribution < -0.4 is 9.80 Å². The summed E-state index contributed by atoms with van der Waals surface area (Å²) in [6.45, 7) is 2.96. The first-order chi connectivity index (χ1) is 11.1. The van der Waals surface area contributed by atoms with Gasteiger partial charge in [0.15, 0.2) is 0 Å². The van der Waals surface area contributed by atoms with E-state index in [4.69, 9.17) is 4.98 Å². The topological polar surface area (TPSA) is 19.4 Å². The highest BCUT2D eigenvalue weighted by atomic mass is 15.2. The standard InChI is InChI=1S/C20H23N3/c1-15-19(23(4)14-16-10-6-5-7-11-16)17-12-8-9-13-18(17)20(21-15)22(2)3/h5-13H,14H2,1-4H3. The number of anilines is 2. The predicted molar refractivity (Wildman–Crippen MR) is 99.4 cm³/mol. The molecule has 118 valence electrons. The van der Waals surface area contributed by atoms with E-state index in [1.54, 1.807) is 0 Å². The van der Waals surface area contributed by atoms with Crippen molar-refractivity contribution in [1.82, 2.24) is 4.98 Å². The molecule has 0 fully saturated rings. The fourth-order valence-electron chi connectivity index (χ4n) is 3.11. The van der Waals surface area contributed by atoms with E-state index in [1.807, 2.05) is 14.1 Å². The molecule has 3 rings (SSSR count). The van der Waals surface area contributed by atoms with Crippen LogP contribution in [0.15, 0.2) is 54.6 Å². The SMILES string of the molecule is Cc1nc(N(C)C)c2ccccc2c1N(C)Cc1ccccc1. The molecule has 0 saturated heterocycles. The van der Waals surface area contributed by atoms with E-state index < -0.39 is 0 Å². The Balaban J connectivity index is 2.10. The monoisotopic (exact) mass is 305 g/mol. The Morgan fingerprint density at radius 1 is 0.826 bits per heavy atom. The maximum atomic E-state index is 4.85. The van der Waals surface area contributed by atoms with Gasteiger partial charge in [0.2, 0.25) is 0 Å². The quantitative estimate of drug-likeness (QED) is 0.718. The highest BCUT2D eigenvalue weighted by Gasteiger charge is 2.15. The highest BCUT2D eigenvalue weighted by molar-refractivity contribution is 6.01. The lowest BCUT2D eigenvalue weighted by Gasteiger charge is -2.25. The van der Waals surface area contributed by atoms with Gasteiger partial charge in [-0.05, 0) is 12.5 Å². The van der Waals surface area contributed by atoms with E-state index in [1.165, 1.54) is 22.0 Å². The molecule has 0 amide bonds. The van der Waals surface area contributed by atoms with Crippen LogP contribution >= 0.6 is 0 Å². The van der Waals surface area contributed by atoms with Gasteiger partial charge in [-0.25, -0.2) is 4.98 Å². The van der Waals surface area contributed by atoms with Crippen molar-refractivity contribution >= 4 is 22.3 Å². The Bertz CT molecular complexity index is 810. The Hall–Kier alpha value is -2.55. The second-order valence-corrected chi connectivity index (χ2v) is 6.15. The van der Waals surface area contributed by atoms with Crippen molar-refractivity contribution < 1.29 is 0 Å². The van der Waals surface area contributed by atoms with E-state index in [9.17, 15) is 0 Å². The summed E-state index contributed by atoms with van der Waals surface area (Å²) in [5.41, 5.74) is 3.57. The summed E-state index contributed by atoms with van der Waals surface area (Å²) >= 11 is 0. The van der Waals surface area contributed by atoms with Crippen molar-refractivity contribution in [2.24, 2.45) is 0 Å². The van der Waals surface area contributed by atoms with E-state index in [0.717, 1.165) is 18.1 Å². The molecule has 0 N–H and O–H groups in total. The van der Waals surface area contributed by atoms with Crippen LogP contribution in [0.5, 0.6) is 0 Å². The van der Waals surface area contributed by atoms with Crippen LogP contribution in [0.25, 0.3) is 10.8 Å². The lowest BCUT2D eigenvalue weighted by atomic mass is 10.1. The predicted octanol–water partition coefficient (Wildman–Crippen LogP) is 4.25. The molecule has 3 nitrogen and oxygen atoms in total. The molecular weight excluding hydrogens is 282 g/mol. The summed E-state index contributed by atoms with van der Waals surface area (Å²) in [4.78, 5) is 9.22. The molecule has 0 spiro atoms. The molecule has 23 heavy (non-hydrogen) atoms. The van der Waals surface area contributed by atoms with Gasteiger partial charge in [-0.2, -0.15) is 0 Å². The average molecular weight is 305 g/mol. The first-order valence-corrected chi connectivity index (χ1v) is 7.89. The summed E-state index contributed by atoms with van der Waals surface area (Å²) in [5.74, 6) is 1.02. The molecule has 0 aliphatic heterocycles. The number of benzene rings is 2. The number of aromatic nitrogens is 1. The van der Waals surface area contributed by atoms with E-state index >= 15 is 0 Å². The maximum absolute atomic E-state index is 4.85. The van der Waals surface area contributed by atoms with Gasteiger partial charge < -0.3 is 9.80 Å². The lowest BCUT2D eigenvalue weighted by molar-refractivity contribution is 0.912. The fourth-order valence-corrected chi connectivity index (χ4v) is 3.11. The molecule has 3 heteroatoms. The zero-order chi connectivity index (χ0) is 16.4. The minimum Gasteiger partial charge on any atom is -0.368 e. The maximum Gasteiger partial charge on any atom is 0.136 e. The largest absolute Gasteiger partial charge is 0.368 e. The van der Waals surface area contributed by atoms with Crippen molar-refractivity contribution in [2.75, 3.05) is 30.9 Å². The molecule has 0 aliphatic carbocycles. The van der Waals surface area contributed by atoms with Crippen molar-refractivity contribution in [1.29, 1.82) is 0 Å². The summed E-state index contributed by atoms with van der Waals surface area (Å²) in [5, 5.41) is 2.44. The minimum atomic E-state index is 0.870. The number of rotatable bonds is 4. The molecule has 1 aromatic heterocycles. The smallest absolute Gasteiger partial charge is 0.136 e. The summed E-state index contributed by atoms with van der Waals surface area (Å²) in [6.07, 6.45) is 0. The van der Waals surface area contributed by atoms with Crippen LogP contribution in [0.3, 0.4) is 0 Å². The highest BCUT2D eigenvalue weighted by Crippen LogP contribution is 2.34. The Kier molecular flexibility index (Phi) is 4.20. The lowest BCUT2D eigenvalue weighted by Crippen LogP contribution is -2.20. The molecule has 0 unspecified atom stereocenters. The van der Waals surface area contributed by atoms with E-state index in [0.29, 0.717) is 0 Å². The summed E-state index contributed by atoms with van der Waals surface area (Å²) < 4.78 is 0. The molecule has 0 saturated carbocycles. The summed E-state index contributed by atoms with van der Waals surface area (Å²) in [7, 11) is 6.22. The van der Waals surface area contributed by atoms with Crippen LogP contribution in [0, 0.1) is 6.92 Å². The summed E-state index contributed by atoms with van der Waals surface area (Å²) in [6, 6.07) is 19.1. The molecule has 0 radical (unpaired) electrons. The third kappa shape index (κ3) is 3.00. The molecular formula is C20H23N3. The number of hydrogen-bond donors (Lipinski definition) is 0. The molecule has 3 aromatic rings. The Morgan fingerprint density at radius 3 is 2.09 bits per heavy atom. The first kappa shape index (κ1) is 15.3. The Labute approximate surface area is 138 Å². The van der Waals surface area contributed by atoms with Crippen LogP contribution in [0.2, 0.25) is 0 Å². The van der Waals surface area contributed by atoms with E-state index in [-0.39, 0.29) is 0 Å². The van der Waals surface area contributed by atoms with Crippen LogP contribution in [-0.4, -0.2) is 26.1 Å². The van der Waals surface area contributed by atoms with Gasteiger partial charge in [-0.3, -0.25) is 0 Å². The number of hydrogen-bond acceptors (Lipinski definition) is 3. The number of nitrogens with zero attached hydrogens (tertiary/aromatic N) is 3. The molecule has 0 aliphatic rings. The molecule has 0 bridgehead atoms.